The molecule has 3 N–H and O–H groups in total. The molecule has 0 spiro atoms. The lowest BCUT2D eigenvalue weighted by atomic mass is 10.1. The van der Waals surface area contributed by atoms with Gasteiger partial charge in [-0.3, -0.25) is 10.1 Å². The second-order valence-corrected chi connectivity index (χ2v) is 4.55. The third-order valence-corrected chi connectivity index (χ3v) is 2.68. The molecule has 7 heteroatoms. The highest BCUT2D eigenvalue weighted by Gasteiger charge is 2.16. The molecule has 7 nitrogen and oxygen atoms in total. The second kappa shape index (κ2) is 6.89. The van der Waals surface area contributed by atoms with E-state index in [-0.39, 0.29) is 17.5 Å². The number of hydrogen-bond donors (Lipinski definition) is 2. The molecule has 19 heavy (non-hydrogen) atoms. The van der Waals surface area contributed by atoms with Crippen LogP contribution in [0.15, 0.2) is 12.1 Å². The van der Waals surface area contributed by atoms with Crippen LogP contribution < -0.4 is 11.1 Å². The van der Waals surface area contributed by atoms with Gasteiger partial charge in [0.15, 0.2) is 0 Å². The first-order valence-corrected chi connectivity index (χ1v) is 6.20. The van der Waals surface area contributed by atoms with Gasteiger partial charge in [-0.2, -0.15) is 0 Å². The Labute approximate surface area is 112 Å². The van der Waals surface area contributed by atoms with E-state index in [2.05, 4.69) is 10.3 Å². The van der Waals surface area contributed by atoms with Crippen molar-refractivity contribution in [1.29, 1.82) is 0 Å². The largest absolute Gasteiger partial charge is 0.383 e. The standard InChI is InChI=1S/C12H20N4O3/c1-4-19-7-10(8(2)3)14-12-6-9(16(17)18)5-11(13)15-12/h5-6,8,10H,4,7H2,1-3H3,(H3,13,14,15). The number of nitro groups is 1. The van der Waals surface area contributed by atoms with E-state index in [1.54, 1.807) is 0 Å². The summed E-state index contributed by atoms with van der Waals surface area (Å²) in [4.78, 5) is 14.3. The van der Waals surface area contributed by atoms with E-state index in [0.29, 0.717) is 24.9 Å². The summed E-state index contributed by atoms with van der Waals surface area (Å²) in [7, 11) is 0. The Kier molecular flexibility index (Phi) is 5.50. The molecule has 0 aliphatic heterocycles. The van der Waals surface area contributed by atoms with Crippen LogP contribution in [0, 0.1) is 16.0 Å². The molecule has 0 bridgehead atoms. The molecule has 0 saturated heterocycles. The fraction of sp³-hybridized carbons (Fsp3) is 0.583. The van der Waals surface area contributed by atoms with Gasteiger partial charge in [0, 0.05) is 6.61 Å². The number of nitrogens with zero attached hydrogens (tertiary/aromatic N) is 2. The Morgan fingerprint density at radius 2 is 2.21 bits per heavy atom. The Morgan fingerprint density at radius 1 is 1.53 bits per heavy atom. The molecule has 0 amide bonds. The molecule has 0 aliphatic rings. The molecule has 1 aromatic heterocycles. The van der Waals surface area contributed by atoms with Crippen LogP contribution >= 0.6 is 0 Å². The molecule has 0 aliphatic carbocycles. The van der Waals surface area contributed by atoms with Crippen LogP contribution in [0.2, 0.25) is 0 Å². The lowest BCUT2D eigenvalue weighted by molar-refractivity contribution is -0.384. The van der Waals surface area contributed by atoms with Crippen molar-refractivity contribution < 1.29 is 9.66 Å². The minimum Gasteiger partial charge on any atom is -0.383 e. The van der Waals surface area contributed by atoms with Crippen molar-refractivity contribution in [1.82, 2.24) is 4.98 Å². The Morgan fingerprint density at radius 3 is 2.74 bits per heavy atom. The van der Waals surface area contributed by atoms with Crippen molar-refractivity contribution in [3.63, 3.8) is 0 Å². The maximum atomic E-state index is 10.8. The van der Waals surface area contributed by atoms with Crippen molar-refractivity contribution in [3.05, 3.63) is 22.2 Å². The summed E-state index contributed by atoms with van der Waals surface area (Å²) >= 11 is 0. The van der Waals surface area contributed by atoms with Gasteiger partial charge in [-0.05, 0) is 12.8 Å². The number of anilines is 2. The van der Waals surface area contributed by atoms with Gasteiger partial charge in [-0.1, -0.05) is 13.8 Å². The van der Waals surface area contributed by atoms with E-state index < -0.39 is 4.92 Å². The predicted octanol–water partition coefficient (Wildman–Crippen LogP) is 2.04. The number of nitrogen functional groups attached to an aromatic ring is 1. The van der Waals surface area contributed by atoms with Crippen LogP contribution in [0.25, 0.3) is 0 Å². The maximum Gasteiger partial charge on any atom is 0.276 e. The SMILES string of the molecule is CCOCC(Nc1cc([N+](=O)[O-])cc(N)n1)C(C)C. The number of rotatable bonds is 7. The molecule has 1 unspecified atom stereocenters. The van der Waals surface area contributed by atoms with Crippen molar-refractivity contribution >= 4 is 17.3 Å². The van der Waals surface area contributed by atoms with Crippen molar-refractivity contribution in [2.45, 2.75) is 26.8 Å². The lowest BCUT2D eigenvalue weighted by Gasteiger charge is -2.22. The van der Waals surface area contributed by atoms with Crippen LogP contribution in [0.4, 0.5) is 17.3 Å². The first-order valence-electron chi connectivity index (χ1n) is 6.20. The Bertz CT molecular complexity index is 437. The van der Waals surface area contributed by atoms with Crippen LogP contribution in [-0.4, -0.2) is 29.2 Å². The van der Waals surface area contributed by atoms with Gasteiger partial charge < -0.3 is 15.8 Å². The van der Waals surface area contributed by atoms with Crippen molar-refractivity contribution in [2.75, 3.05) is 24.3 Å². The topological polar surface area (TPSA) is 103 Å². The van der Waals surface area contributed by atoms with Gasteiger partial charge in [0.2, 0.25) is 0 Å². The fourth-order valence-electron chi connectivity index (χ4n) is 1.55. The van der Waals surface area contributed by atoms with Crippen LogP contribution in [0.1, 0.15) is 20.8 Å². The molecule has 1 heterocycles. The van der Waals surface area contributed by atoms with Gasteiger partial charge in [-0.25, -0.2) is 4.98 Å². The zero-order valence-electron chi connectivity index (χ0n) is 11.4. The molecule has 1 rings (SSSR count). The summed E-state index contributed by atoms with van der Waals surface area (Å²) < 4.78 is 5.38. The van der Waals surface area contributed by atoms with Gasteiger partial charge >= 0.3 is 0 Å². The van der Waals surface area contributed by atoms with E-state index in [9.17, 15) is 10.1 Å². The van der Waals surface area contributed by atoms with E-state index in [0.717, 1.165) is 0 Å². The summed E-state index contributed by atoms with van der Waals surface area (Å²) in [6.45, 7) is 7.13. The number of nitrogens with two attached hydrogens (primary N) is 1. The summed E-state index contributed by atoms with van der Waals surface area (Å²) in [6.07, 6.45) is 0. The minimum atomic E-state index is -0.490. The number of pyridine rings is 1. The number of hydrogen-bond acceptors (Lipinski definition) is 6. The van der Waals surface area contributed by atoms with Crippen LogP contribution in [0.5, 0.6) is 0 Å². The van der Waals surface area contributed by atoms with E-state index in [1.807, 2.05) is 20.8 Å². The first-order chi connectivity index (χ1) is 8.93. The second-order valence-electron chi connectivity index (χ2n) is 4.55. The summed E-state index contributed by atoms with van der Waals surface area (Å²) in [6, 6.07) is 2.63. The normalized spacial score (nSPS) is 12.4. The first kappa shape index (κ1) is 15.2. The fourth-order valence-corrected chi connectivity index (χ4v) is 1.55. The summed E-state index contributed by atoms with van der Waals surface area (Å²) in [5.74, 6) is 0.814. The third-order valence-electron chi connectivity index (χ3n) is 2.68. The highest BCUT2D eigenvalue weighted by molar-refractivity contribution is 5.53. The molecule has 106 valence electrons. The zero-order valence-corrected chi connectivity index (χ0v) is 11.4. The number of ether oxygens (including phenoxy) is 1. The van der Waals surface area contributed by atoms with Gasteiger partial charge in [-0.15, -0.1) is 0 Å². The molecule has 0 fully saturated rings. The van der Waals surface area contributed by atoms with Crippen molar-refractivity contribution in [3.8, 4) is 0 Å². The van der Waals surface area contributed by atoms with Crippen LogP contribution in [-0.2, 0) is 4.74 Å². The van der Waals surface area contributed by atoms with Gasteiger partial charge in [0.25, 0.3) is 5.69 Å². The summed E-state index contributed by atoms with van der Waals surface area (Å²) in [5.41, 5.74) is 5.49. The minimum absolute atomic E-state index is 0.0221. The highest BCUT2D eigenvalue weighted by atomic mass is 16.6. The van der Waals surface area contributed by atoms with Crippen LogP contribution in [0.3, 0.4) is 0 Å². The zero-order chi connectivity index (χ0) is 14.4. The molecule has 0 aromatic carbocycles. The maximum absolute atomic E-state index is 10.8. The molecular formula is C12H20N4O3. The van der Waals surface area contributed by atoms with E-state index in [1.165, 1.54) is 12.1 Å². The molecule has 1 atom stereocenters. The van der Waals surface area contributed by atoms with E-state index >= 15 is 0 Å². The predicted molar refractivity (Wildman–Crippen MR) is 74.0 cm³/mol. The smallest absolute Gasteiger partial charge is 0.276 e. The molecule has 0 saturated carbocycles. The molecular weight excluding hydrogens is 248 g/mol. The van der Waals surface area contributed by atoms with Gasteiger partial charge in [0.1, 0.15) is 11.6 Å². The highest BCUT2D eigenvalue weighted by Crippen LogP contribution is 2.20. The Balaban J connectivity index is 2.86. The molecule has 1 aromatic rings. The summed E-state index contributed by atoms with van der Waals surface area (Å²) in [5, 5.41) is 13.9. The van der Waals surface area contributed by atoms with Gasteiger partial charge in [0.05, 0.1) is 29.7 Å². The number of aromatic nitrogens is 1. The monoisotopic (exact) mass is 268 g/mol. The third kappa shape index (κ3) is 4.70. The quantitative estimate of drug-likeness (QED) is 0.579. The average molecular weight is 268 g/mol. The number of nitrogens with one attached hydrogen (secondary N) is 1. The average Bonchev–Trinajstić information content (AvgIpc) is 2.33. The molecule has 0 radical (unpaired) electrons. The lowest BCUT2D eigenvalue weighted by Crippen LogP contribution is -2.31. The van der Waals surface area contributed by atoms with Crippen molar-refractivity contribution in [2.24, 2.45) is 5.92 Å². The van der Waals surface area contributed by atoms with E-state index in [4.69, 9.17) is 10.5 Å². The Hall–Kier alpha value is -1.89.